The van der Waals surface area contributed by atoms with Crippen LogP contribution in [0.1, 0.15) is 11.7 Å². The van der Waals surface area contributed by atoms with Crippen molar-refractivity contribution in [2.75, 3.05) is 5.88 Å². The zero-order chi connectivity index (χ0) is 10.0. The third-order valence-corrected chi connectivity index (χ3v) is 2.27. The zero-order valence-electron chi connectivity index (χ0n) is 6.40. The average Bonchev–Trinajstić information content (AvgIpc) is 2.02. The van der Waals surface area contributed by atoms with Crippen LogP contribution in [0.4, 0.5) is 8.78 Å². The van der Waals surface area contributed by atoms with Crippen molar-refractivity contribution in [3.05, 3.63) is 33.8 Å². The second-order valence-corrected chi connectivity index (χ2v) is 3.68. The van der Waals surface area contributed by atoms with E-state index in [-0.39, 0.29) is 10.4 Å². The summed E-state index contributed by atoms with van der Waals surface area (Å²) in [7, 11) is 0. The lowest BCUT2D eigenvalue weighted by molar-refractivity contribution is 0.192. The summed E-state index contributed by atoms with van der Waals surface area (Å²) in [6.45, 7) is 0. The van der Waals surface area contributed by atoms with Crippen molar-refractivity contribution in [2.24, 2.45) is 0 Å². The second kappa shape index (κ2) is 4.35. The molecule has 0 saturated carbocycles. The van der Waals surface area contributed by atoms with Gasteiger partial charge in [-0.25, -0.2) is 8.78 Å². The number of benzene rings is 1. The first-order valence-corrected chi connectivity index (χ1v) is 4.77. The van der Waals surface area contributed by atoms with Crippen molar-refractivity contribution in [1.82, 2.24) is 0 Å². The number of alkyl halides is 1. The Bertz CT molecular complexity index is 296. The Labute approximate surface area is 87.5 Å². The zero-order valence-corrected chi connectivity index (χ0v) is 8.74. The Kier molecular flexibility index (Phi) is 3.64. The molecular formula is C8H6BrClF2O. The molecule has 0 bridgehead atoms. The predicted octanol–water partition coefficient (Wildman–Crippen LogP) is 3.00. The lowest BCUT2D eigenvalue weighted by atomic mass is 10.1. The maximum absolute atomic E-state index is 13.1. The van der Waals surface area contributed by atoms with Crippen molar-refractivity contribution in [1.29, 1.82) is 0 Å². The van der Waals surface area contributed by atoms with Gasteiger partial charge in [0.25, 0.3) is 0 Å². The molecule has 0 unspecified atom stereocenters. The summed E-state index contributed by atoms with van der Waals surface area (Å²) in [5.74, 6) is -1.85. The first-order valence-electron chi connectivity index (χ1n) is 3.44. The Balaban J connectivity index is 3.20. The highest BCUT2D eigenvalue weighted by Crippen LogP contribution is 2.25. The summed E-state index contributed by atoms with van der Waals surface area (Å²) >= 11 is 8.20. The van der Waals surface area contributed by atoms with E-state index in [1.165, 1.54) is 0 Å². The lowest BCUT2D eigenvalue weighted by Crippen LogP contribution is -2.05. The van der Waals surface area contributed by atoms with Gasteiger partial charge < -0.3 is 5.11 Å². The molecule has 0 aromatic heterocycles. The second-order valence-electron chi connectivity index (χ2n) is 2.45. The molecule has 0 aliphatic heterocycles. The third-order valence-electron chi connectivity index (χ3n) is 1.52. The summed E-state index contributed by atoms with van der Waals surface area (Å²) in [5, 5.41) is 9.15. The van der Waals surface area contributed by atoms with E-state index in [9.17, 15) is 8.78 Å². The van der Waals surface area contributed by atoms with Crippen LogP contribution in [0.2, 0.25) is 0 Å². The molecule has 0 amide bonds. The standard InChI is InChI=1S/C8H6BrClF2O/c9-4-1-5(11)8(6(12)2-4)7(13)3-10/h1-2,7,13H,3H2/t7-/m0/s1. The fourth-order valence-corrected chi connectivity index (χ4v) is 1.51. The summed E-state index contributed by atoms with van der Waals surface area (Å²) in [4.78, 5) is 0. The van der Waals surface area contributed by atoms with Gasteiger partial charge in [0.15, 0.2) is 0 Å². The largest absolute Gasteiger partial charge is 0.387 e. The average molecular weight is 271 g/mol. The van der Waals surface area contributed by atoms with Crippen LogP contribution < -0.4 is 0 Å². The maximum Gasteiger partial charge on any atom is 0.133 e. The Morgan fingerprint density at radius 1 is 1.38 bits per heavy atom. The maximum atomic E-state index is 13.1. The van der Waals surface area contributed by atoms with Gasteiger partial charge in [-0.3, -0.25) is 0 Å². The highest BCUT2D eigenvalue weighted by molar-refractivity contribution is 9.10. The molecule has 0 saturated heterocycles. The molecule has 1 aromatic rings. The molecule has 0 fully saturated rings. The Morgan fingerprint density at radius 3 is 2.23 bits per heavy atom. The van der Waals surface area contributed by atoms with Gasteiger partial charge >= 0.3 is 0 Å². The van der Waals surface area contributed by atoms with Crippen LogP contribution in [-0.2, 0) is 0 Å². The molecule has 0 radical (unpaired) electrons. The SMILES string of the molecule is O[C@@H](CCl)c1c(F)cc(Br)cc1F. The molecule has 1 rings (SSSR count). The van der Waals surface area contributed by atoms with Crippen molar-refractivity contribution < 1.29 is 13.9 Å². The molecular weight excluding hydrogens is 265 g/mol. The predicted molar refractivity (Wildman–Crippen MR) is 49.7 cm³/mol. The molecule has 0 aliphatic carbocycles. The first-order chi connectivity index (χ1) is 6.06. The lowest BCUT2D eigenvalue weighted by Gasteiger charge is -2.09. The normalized spacial score (nSPS) is 13.0. The molecule has 0 aliphatic rings. The van der Waals surface area contributed by atoms with Gasteiger partial charge in [0.1, 0.15) is 11.6 Å². The number of aliphatic hydroxyl groups is 1. The summed E-state index contributed by atoms with van der Waals surface area (Å²) in [6, 6.07) is 2.16. The highest BCUT2D eigenvalue weighted by atomic mass is 79.9. The minimum Gasteiger partial charge on any atom is -0.387 e. The van der Waals surface area contributed by atoms with Gasteiger partial charge in [0.05, 0.1) is 17.5 Å². The van der Waals surface area contributed by atoms with E-state index in [0.29, 0.717) is 0 Å². The van der Waals surface area contributed by atoms with Gasteiger partial charge in [-0.1, -0.05) is 15.9 Å². The van der Waals surface area contributed by atoms with Crippen LogP contribution in [0.25, 0.3) is 0 Å². The van der Waals surface area contributed by atoms with Gasteiger partial charge in [0.2, 0.25) is 0 Å². The molecule has 72 valence electrons. The number of hydrogen-bond acceptors (Lipinski definition) is 1. The van der Waals surface area contributed by atoms with E-state index in [4.69, 9.17) is 16.7 Å². The highest BCUT2D eigenvalue weighted by Gasteiger charge is 2.17. The van der Waals surface area contributed by atoms with Gasteiger partial charge in [-0.15, -0.1) is 11.6 Å². The van der Waals surface area contributed by atoms with Crippen LogP contribution in [0, 0.1) is 11.6 Å². The Hall–Kier alpha value is -0.190. The van der Waals surface area contributed by atoms with Crippen LogP contribution in [0.5, 0.6) is 0 Å². The Morgan fingerprint density at radius 2 is 1.85 bits per heavy atom. The van der Waals surface area contributed by atoms with Crippen molar-refractivity contribution in [2.45, 2.75) is 6.10 Å². The summed E-state index contributed by atoms with van der Waals surface area (Å²) in [5.41, 5.74) is -0.391. The smallest absolute Gasteiger partial charge is 0.133 e. The van der Waals surface area contributed by atoms with Gasteiger partial charge in [-0.2, -0.15) is 0 Å². The van der Waals surface area contributed by atoms with Gasteiger partial charge in [0, 0.05) is 4.47 Å². The molecule has 0 heterocycles. The number of rotatable bonds is 2. The topological polar surface area (TPSA) is 20.2 Å². The van der Waals surface area contributed by atoms with Crippen LogP contribution >= 0.6 is 27.5 Å². The third kappa shape index (κ3) is 2.39. The van der Waals surface area contributed by atoms with Gasteiger partial charge in [-0.05, 0) is 12.1 Å². The number of aliphatic hydroxyl groups excluding tert-OH is 1. The first kappa shape index (κ1) is 10.9. The summed E-state index contributed by atoms with van der Waals surface area (Å²) in [6.07, 6.45) is -1.31. The fraction of sp³-hybridized carbons (Fsp3) is 0.250. The molecule has 13 heavy (non-hydrogen) atoms. The van der Waals surface area contributed by atoms with Crippen molar-refractivity contribution in [3.63, 3.8) is 0 Å². The van der Waals surface area contributed by atoms with E-state index in [2.05, 4.69) is 15.9 Å². The molecule has 1 N–H and O–H groups in total. The van der Waals surface area contributed by atoms with E-state index >= 15 is 0 Å². The molecule has 5 heteroatoms. The monoisotopic (exact) mass is 270 g/mol. The summed E-state index contributed by atoms with van der Waals surface area (Å²) < 4.78 is 26.4. The van der Waals surface area contributed by atoms with Crippen LogP contribution in [0.15, 0.2) is 16.6 Å². The van der Waals surface area contributed by atoms with Crippen LogP contribution in [-0.4, -0.2) is 11.0 Å². The van der Waals surface area contributed by atoms with Crippen LogP contribution in [0.3, 0.4) is 0 Å². The van der Waals surface area contributed by atoms with Crippen molar-refractivity contribution in [3.8, 4) is 0 Å². The van der Waals surface area contributed by atoms with E-state index in [1.807, 2.05) is 0 Å². The number of hydrogen-bond donors (Lipinski definition) is 1. The quantitative estimate of drug-likeness (QED) is 0.820. The number of halogens is 4. The van der Waals surface area contributed by atoms with E-state index in [0.717, 1.165) is 12.1 Å². The minimum absolute atomic E-state index is 0.241. The molecule has 1 atom stereocenters. The minimum atomic E-state index is -1.31. The molecule has 1 aromatic carbocycles. The molecule has 1 nitrogen and oxygen atoms in total. The van der Waals surface area contributed by atoms with E-state index in [1.54, 1.807) is 0 Å². The van der Waals surface area contributed by atoms with Crippen molar-refractivity contribution >= 4 is 27.5 Å². The van der Waals surface area contributed by atoms with E-state index < -0.39 is 23.3 Å². The molecule has 0 spiro atoms. The fourth-order valence-electron chi connectivity index (χ4n) is 0.949.